The van der Waals surface area contributed by atoms with Crippen molar-refractivity contribution in [2.24, 2.45) is 0 Å². The highest BCUT2D eigenvalue weighted by atomic mass is 32.1. The molecule has 0 bridgehead atoms. The summed E-state index contributed by atoms with van der Waals surface area (Å²) in [5.41, 5.74) is 4.71. The van der Waals surface area contributed by atoms with Crippen LogP contribution in [0.4, 0.5) is 0 Å². The minimum atomic E-state index is 0.503. The number of unbranched alkanes of at least 4 members (excludes halogenated alkanes) is 24. The van der Waals surface area contributed by atoms with E-state index in [1.165, 1.54) is 188 Å². The molecule has 2 aliphatic heterocycles. The van der Waals surface area contributed by atoms with E-state index in [9.17, 15) is 0 Å². The molecule has 406 valence electrons. The molecule has 0 fully saturated rings. The fourth-order valence-electron chi connectivity index (χ4n) is 10.1. The third kappa shape index (κ3) is 16.1. The van der Waals surface area contributed by atoms with E-state index in [2.05, 4.69) is 38.5 Å². The van der Waals surface area contributed by atoms with Gasteiger partial charge in [0, 0.05) is 10.8 Å². The van der Waals surface area contributed by atoms with Gasteiger partial charge in [-0.1, -0.05) is 182 Å². The van der Waals surface area contributed by atoms with Gasteiger partial charge in [0.25, 0.3) is 0 Å². The Balaban J connectivity index is 1.09. The molecule has 8 rings (SSSR count). The Hall–Kier alpha value is -2.88. The molecule has 0 aromatic carbocycles. The van der Waals surface area contributed by atoms with E-state index in [0.717, 1.165) is 112 Å². The number of nitrogens with zero attached hydrogens (tertiary/aromatic N) is 4. The smallest absolute Gasteiger partial charge is 0.181 e. The van der Waals surface area contributed by atoms with Crippen LogP contribution in [0.15, 0.2) is 10.8 Å². The zero-order valence-corrected chi connectivity index (χ0v) is 50.4. The molecule has 0 unspecified atom stereocenters. The SMILES string of the molecule is CCCCCCCCCc1csc(-c2nc(CCCCCCCCC)c(-c3sc(-c4sc(-c5sc(-c6nc(CCCCCCCCC)cs6)nc5CCCCCCCCC)c5c4OCCO5)c4c3OCCO4)s2)n1. The molecule has 8 nitrogen and oxygen atoms in total. The summed E-state index contributed by atoms with van der Waals surface area (Å²) in [6.07, 6.45) is 39.9. The Kier molecular flexibility index (Phi) is 24.4. The molecule has 0 amide bonds. The lowest BCUT2D eigenvalue weighted by Crippen LogP contribution is -2.15. The van der Waals surface area contributed by atoms with Gasteiger partial charge in [0.05, 0.1) is 52.0 Å². The molecule has 8 heterocycles. The standard InChI is InChI=1S/C60H86N4O4S6/c1-5-9-13-17-21-25-29-33-43-41-69-57(61-43)59-63-45(35-31-27-23-19-15-11-7-3)51(73-59)53-47-49(67-39-37-65-47)55(71-53)56-50-48(66-38-40-68-50)54(72-56)52-46(36-32-28-24-20-16-12-8-4)64-60(74-52)58-62-44(42-70-58)34-30-26-22-18-14-10-6-2/h41-42H,5-40H2,1-4H3. The minimum absolute atomic E-state index is 0.503. The maximum atomic E-state index is 6.67. The molecule has 2 aliphatic rings. The van der Waals surface area contributed by atoms with Gasteiger partial charge >= 0.3 is 0 Å². The second kappa shape index (κ2) is 31.5. The van der Waals surface area contributed by atoms with E-state index < -0.39 is 0 Å². The van der Waals surface area contributed by atoms with Gasteiger partial charge in [-0.15, -0.1) is 68.0 Å². The maximum Gasteiger partial charge on any atom is 0.181 e. The summed E-state index contributed by atoms with van der Waals surface area (Å²) in [6.45, 7) is 11.2. The summed E-state index contributed by atoms with van der Waals surface area (Å²) in [6, 6.07) is 0. The van der Waals surface area contributed by atoms with E-state index in [1.807, 2.05) is 0 Å². The topological polar surface area (TPSA) is 88.5 Å². The van der Waals surface area contributed by atoms with Crippen molar-refractivity contribution in [3.63, 3.8) is 0 Å². The first kappa shape index (κ1) is 57.3. The molecule has 0 spiro atoms. The number of thiophene rings is 2. The van der Waals surface area contributed by atoms with Crippen LogP contribution in [0.5, 0.6) is 23.0 Å². The largest absolute Gasteiger partial charge is 0.485 e. The quantitative estimate of drug-likeness (QED) is 0.0357. The van der Waals surface area contributed by atoms with Crippen molar-refractivity contribution in [3.8, 4) is 72.3 Å². The fourth-order valence-corrected chi connectivity index (χ4v) is 16.9. The number of hydrogen-bond acceptors (Lipinski definition) is 14. The van der Waals surface area contributed by atoms with Gasteiger partial charge in [-0.05, 0) is 51.4 Å². The number of rotatable bonds is 37. The summed E-state index contributed by atoms with van der Waals surface area (Å²) in [5.74, 6) is 3.30. The van der Waals surface area contributed by atoms with Gasteiger partial charge in [0.15, 0.2) is 43.0 Å². The van der Waals surface area contributed by atoms with Crippen molar-refractivity contribution in [3.05, 3.63) is 33.5 Å². The third-order valence-electron chi connectivity index (χ3n) is 14.4. The Morgan fingerprint density at radius 3 is 0.919 bits per heavy atom. The lowest BCUT2D eigenvalue weighted by Gasteiger charge is -2.18. The predicted molar refractivity (Wildman–Crippen MR) is 321 cm³/mol. The van der Waals surface area contributed by atoms with Crippen LogP contribution in [-0.4, -0.2) is 46.4 Å². The molecule has 74 heavy (non-hydrogen) atoms. The number of aromatic nitrogens is 4. The van der Waals surface area contributed by atoms with Gasteiger partial charge in [0.2, 0.25) is 0 Å². The van der Waals surface area contributed by atoms with E-state index in [0.29, 0.717) is 26.4 Å². The monoisotopic (exact) mass is 1120 g/mol. The number of fused-ring (bicyclic) bond motifs is 2. The highest BCUT2D eigenvalue weighted by Gasteiger charge is 2.36. The Labute approximate surface area is 468 Å². The van der Waals surface area contributed by atoms with E-state index >= 15 is 0 Å². The Morgan fingerprint density at radius 2 is 0.595 bits per heavy atom. The average molecular weight is 1120 g/mol. The molecule has 0 saturated heterocycles. The van der Waals surface area contributed by atoms with Gasteiger partial charge in [0.1, 0.15) is 26.4 Å². The van der Waals surface area contributed by atoms with Gasteiger partial charge in [-0.25, -0.2) is 19.9 Å². The van der Waals surface area contributed by atoms with Crippen LogP contribution >= 0.6 is 68.0 Å². The van der Waals surface area contributed by atoms with Crippen molar-refractivity contribution in [2.75, 3.05) is 26.4 Å². The summed E-state index contributed by atoms with van der Waals surface area (Å²) in [5, 5.41) is 8.63. The summed E-state index contributed by atoms with van der Waals surface area (Å²) in [7, 11) is 0. The molecular weight excluding hydrogens is 1030 g/mol. The van der Waals surface area contributed by atoms with Crippen LogP contribution in [0, 0.1) is 0 Å². The van der Waals surface area contributed by atoms with Crippen LogP contribution in [0.2, 0.25) is 0 Å². The van der Waals surface area contributed by atoms with Crippen LogP contribution in [0.25, 0.3) is 49.3 Å². The van der Waals surface area contributed by atoms with Crippen molar-refractivity contribution in [1.82, 2.24) is 19.9 Å². The highest BCUT2D eigenvalue weighted by molar-refractivity contribution is 7.31. The van der Waals surface area contributed by atoms with Crippen molar-refractivity contribution in [2.45, 2.75) is 233 Å². The second-order valence-electron chi connectivity index (χ2n) is 20.6. The van der Waals surface area contributed by atoms with Crippen molar-refractivity contribution < 1.29 is 18.9 Å². The molecule has 0 radical (unpaired) electrons. The number of thiazole rings is 4. The fraction of sp³-hybridized carbons (Fsp3) is 0.667. The molecule has 14 heteroatoms. The Morgan fingerprint density at radius 1 is 0.311 bits per heavy atom. The third-order valence-corrected chi connectivity index (χ3v) is 21.4. The molecule has 6 aromatic rings. The van der Waals surface area contributed by atoms with Crippen molar-refractivity contribution in [1.29, 1.82) is 0 Å². The first-order valence-corrected chi connectivity index (χ1v) is 34.4. The summed E-state index contributed by atoms with van der Waals surface area (Å²) >= 11 is 10.6. The van der Waals surface area contributed by atoms with E-state index in [-0.39, 0.29) is 0 Å². The van der Waals surface area contributed by atoms with Crippen LogP contribution < -0.4 is 18.9 Å². The summed E-state index contributed by atoms with van der Waals surface area (Å²) < 4.78 is 26.7. The second-order valence-corrected chi connectivity index (χ2v) is 26.3. The summed E-state index contributed by atoms with van der Waals surface area (Å²) in [4.78, 5) is 28.0. The zero-order chi connectivity index (χ0) is 51.2. The highest BCUT2D eigenvalue weighted by Crippen LogP contribution is 2.63. The van der Waals surface area contributed by atoms with Crippen LogP contribution in [-0.2, 0) is 25.7 Å². The van der Waals surface area contributed by atoms with Gasteiger partial charge < -0.3 is 18.9 Å². The molecule has 0 N–H and O–H groups in total. The van der Waals surface area contributed by atoms with Gasteiger partial charge in [-0.3, -0.25) is 0 Å². The number of hydrogen-bond donors (Lipinski definition) is 0. The number of aryl methyl sites for hydroxylation is 4. The van der Waals surface area contributed by atoms with Crippen LogP contribution in [0.3, 0.4) is 0 Å². The number of ether oxygens (including phenoxy) is 4. The van der Waals surface area contributed by atoms with Gasteiger partial charge in [-0.2, -0.15) is 0 Å². The molecule has 0 aliphatic carbocycles. The molecule has 6 aromatic heterocycles. The zero-order valence-electron chi connectivity index (χ0n) is 45.5. The first-order chi connectivity index (χ1) is 36.6. The normalized spacial score (nSPS) is 13.2. The van der Waals surface area contributed by atoms with Crippen LogP contribution in [0.1, 0.15) is 230 Å². The van der Waals surface area contributed by atoms with E-state index in [4.69, 9.17) is 38.9 Å². The predicted octanol–water partition coefficient (Wildman–Crippen LogP) is 20.7. The molecule has 0 atom stereocenters. The first-order valence-electron chi connectivity index (χ1n) is 29.3. The lowest BCUT2D eigenvalue weighted by molar-refractivity contribution is 0.172. The minimum Gasteiger partial charge on any atom is -0.485 e. The van der Waals surface area contributed by atoms with E-state index in [1.54, 1.807) is 68.0 Å². The Bertz CT molecular complexity index is 2370. The average Bonchev–Trinajstić information content (AvgIpc) is 4.30. The molecular formula is C60H86N4O4S6. The lowest BCUT2D eigenvalue weighted by atomic mass is 10.1. The van der Waals surface area contributed by atoms with Crippen molar-refractivity contribution >= 4 is 68.0 Å². The maximum absolute atomic E-state index is 6.67. The molecule has 0 saturated carbocycles.